The molecule has 0 aliphatic carbocycles. The molecule has 1 aliphatic heterocycles. The molecule has 120 valence electrons. The summed E-state index contributed by atoms with van der Waals surface area (Å²) >= 11 is 6.00. The summed E-state index contributed by atoms with van der Waals surface area (Å²) in [6.07, 6.45) is 0. The van der Waals surface area contributed by atoms with E-state index in [1.54, 1.807) is 0 Å². The monoisotopic (exact) mass is 327 g/mol. The smallest absolute Gasteiger partial charge is 0.314 e. The standard InChI is InChI=1S/C14H18ClN3O4/c1-21-11-8-10(12(22-2)7-9(11)15)17-13(19)14(20)18-5-3-16-4-6-18/h7-8,16H,3-6H2,1-2H3,(H,17,19). The third-order valence-electron chi connectivity index (χ3n) is 3.32. The summed E-state index contributed by atoms with van der Waals surface area (Å²) in [5.74, 6) is -0.554. The molecule has 1 aromatic carbocycles. The highest BCUT2D eigenvalue weighted by Gasteiger charge is 2.24. The Labute approximate surface area is 133 Å². The van der Waals surface area contributed by atoms with Gasteiger partial charge in [0, 0.05) is 38.3 Å². The van der Waals surface area contributed by atoms with Crippen LogP contribution in [-0.2, 0) is 9.59 Å². The fourth-order valence-electron chi connectivity index (χ4n) is 2.15. The summed E-state index contributed by atoms with van der Waals surface area (Å²) in [6, 6.07) is 3.04. The molecule has 22 heavy (non-hydrogen) atoms. The van der Waals surface area contributed by atoms with Crippen LogP contribution in [0.5, 0.6) is 11.5 Å². The molecule has 1 heterocycles. The largest absolute Gasteiger partial charge is 0.495 e. The minimum absolute atomic E-state index is 0.331. The van der Waals surface area contributed by atoms with Crippen LogP contribution in [0.25, 0.3) is 0 Å². The van der Waals surface area contributed by atoms with Crippen molar-refractivity contribution in [3.8, 4) is 11.5 Å². The highest BCUT2D eigenvalue weighted by Crippen LogP contribution is 2.35. The summed E-state index contributed by atoms with van der Waals surface area (Å²) in [7, 11) is 2.91. The molecule has 7 nitrogen and oxygen atoms in total. The lowest BCUT2D eigenvalue weighted by Crippen LogP contribution is -2.49. The van der Waals surface area contributed by atoms with E-state index in [-0.39, 0.29) is 0 Å². The number of amides is 2. The molecule has 1 saturated heterocycles. The Morgan fingerprint density at radius 1 is 1.18 bits per heavy atom. The van der Waals surface area contributed by atoms with Crippen molar-refractivity contribution in [3.05, 3.63) is 17.2 Å². The Bertz CT molecular complexity index is 573. The molecular weight excluding hydrogens is 310 g/mol. The number of anilines is 1. The molecule has 1 aromatic rings. The number of hydrogen-bond donors (Lipinski definition) is 2. The number of carbonyl (C=O) groups is 2. The van der Waals surface area contributed by atoms with Gasteiger partial charge in [-0.15, -0.1) is 0 Å². The van der Waals surface area contributed by atoms with Crippen LogP contribution in [0.4, 0.5) is 5.69 Å². The van der Waals surface area contributed by atoms with Crippen molar-refractivity contribution >= 4 is 29.1 Å². The van der Waals surface area contributed by atoms with Crippen LogP contribution >= 0.6 is 11.6 Å². The van der Waals surface area contributed by atoms with E-state index in [4.69, 9.17) is 21.1 Å². The molecule has 2 rings (SSSR count). The number of nitrogens with one attached hydrogen (secondary N) is 2. The van der Waals surface area contributed by atoms with E-state index in [0.717, 1.165) is 0 Å². The van der Waals surface area contributed by atoms with Gasteiger partial charge in [0.15, 0.2) is 0 Å². The van der Waals surface area contributed by atoms with Gasteiger partial charge < -0.3 is 25.0 Å². The minimum atomic E-state index is -0.718. The molecule has 0 aromatic heterocycles. The molecule has 1 aliphatic rings. The van der Waals surface area contributed by atoms with Crippen molar-refractivity contribution in [2.45, 2.75) is 0 Å². The quantitative estimate of drug-likeness (QED) is 0.800. The van der Waals surface area contributed by atoms with E-state index in [2.05, 4.69) is 10.6 Å². The van der Waals surface area contributed by atoms with E-state index in [1.807, 2.05) is 0 Å². The van der Waals surface area contributed by atoms with Gasteiger partial charge in [-0.25, -0.2) is 0 Å². The maximum Gasteiger partial charge on any atom is 0.314 e. The van der Waals surface area contributed by atoms with Crippen LogP contribution < -0.4 is 20.1 Å². The summed E-state index contributed by atoms with van der Waals surface area (Å²) in [5, 5.41) is 6.02. The summed E-state index contributed by atoms with van der Waals surface area (Å²) < 4.78 is 10.3. The molecule has 0 bridgehead atoms. The van der Waals surface area contributed by atoms with Crippen LogP contribution in [-0.4, -0.2) is 57.1 Å². The number of hydrogen-bond acceptors (Lipinski definition) is 5. The van der Waals surface area contributed by atoms with Crippen molar-refractivity contribution in [1.82, 2.24) is 10.2 Å². The van der Waals surface area contributed by atoms with Gasteiger partial charge in [-0.1, -0.05) is 11.6 Å². The molecule has 0 saturated carbocycles. The highest BCUT2D eigenvalue weighted by atomic mass is 35.5. The van der Waals surface area contributed by atoms with Gasteiger partial charge in [0.1, 0.15) is 11.5 Å². The van der Waals surface area contributed by atoms with Crippen LogP contribution in [0.15, 0.2) is 12.1 Å². The van der Waals surface area contributed by atoms with Crippen molar-refractivity contribution < 1.29 is 19.1 Å². The first kappa shape index (κ1) is 16.4. The third-order valence-corrected chi connectivity index (χ3v) is 3.62. The predicted octanol–water partition coefficient (Wildman–Crippen LogP) is 0.728. The Morgan fingerprint density at radius 3 is 2.41 bits per heavy atom. The average Bonchev–Trinajstić information content (AvgIpc) is 2.55. The van der Waals surface area contributed by atoms with Gasteiger partial charge >= 0.3 is 11.8 Å². The fourth-order valence-corrected chi connectivity index (χ4v) is 2.38. The molecule has 0 radical (unpaired) electrons. The average molecular weight is 328 g/mol. The van der Waals surface area contributed by atoms with Gasteiger partial charge in [-0.2, -0.15) is 0 Å². The molecule has 0 spiro atoms. The normalized spacial score (nSPS) is 14.4. The predicted molar refractivity (Wildman–Crippen MR) is 82.6 cm³/mol. The van der Waals surface area contributed by atoms with E-state index in [0.29, 0.717) is 48.4 Å². The number of rotatable bonds is 3. The van der Waals surface area contributed by atoms with Gasteiger partial charge in [0.05, 0.1) is 24.9 Å². The maximum absolute atomic E-state index is 12.1. The zero-order valence-electron chi connectivity index (χ0n) is 12.4. The Morgan fingerprint density at radius 2 is 1.82 bits per heavy atom. The number of halogens is 1. The third kappa shape index (κ3) is 3.61. The zero-order chi connectivity index (χ0) is 16.1. The van der Waals surface area contributed by atoms with Gasteiger partial charge in [-0.3, -0.25) is 9.59 Å². The first-order chi connectivity index (χ1) is 10.6. The van der Waals surface area contributed by atoms with Crippen LogP contribution in [0.1, 0.15) is 0 Å². The molecule has 0 atom stereocenters. The number of ether oxygens (including phenoxy) is 2. The molecule has 2 N–H and O–H groups in total. The first-order valence-electron chi connectivity index (χ1n) is 6.79. The highest BCUT2D eigenvalue weighted by molar-refractivity contribution is 6.40. The second kappa shape index (κ2) is 7.33. The topological polar surface area (TPSA) is 79.9 Å². The summed E-state index contributed by atoms with van der Waals surface area (Å²) in [6.45, 7) is 2.37. The summed E-state index contributed by atoms with van der Waals surface area (Å²) in [5.41, 5.74) is 0.331. The molecule has 8 heteroatoms. The van der Waals surface area contributed by atoms with E-state index < -0.39 is 11.8 Å². The number of carbonyl (C=O) groups excluding carboxylic acids is 2. The number of methoxy groups -OCH3 is 2. The maximum atomic E-state index is 12.1. The van der Waals surface area contributed by atoms with Crippen molar-refractivity contribution in [2.75, 3.05) is 45.7 Å². The second-order valence-corrected chi connectivity index (χ2v) is 5.09. The van der Waals surface area contributed by atoms with Crippen molar-refractivity contribution in [3.63, 3.8) is 0 Å². The Hall–Kier alpha value is -1.99. The summed E-state index contributed by atoms with van der Waals surface area (Å²) in [4.78, 5) is 25.7. The van der Waals surface area contributed by atoms with Crippen molar-refractivity contribution in [2.24, 2.45) is 0 Å². The SMILES string of the molecule is COc1cc(NC(=O)C(=O)N2CCNCC2)c(OC)cc1Cl. The van der Waals surface area contributed by atoms with Gasteiger partial charge in [0.25, 0.3) is 0 Å². The van der Waals surface area contributed by atoms with E-state index >= 15 is 0 Å². The zero-order valence-corrected chi connectivity index (χ0v) is 13.2. The lowest BCUT2D eigenvalue weighted by Gasteiger charge is -2.26. The number of benzene rings is 1. The first-order valence-corrected chi connectivity index (χ1v) is 7.17. The van der Waals surface area contributed by atoms with Crippen LogP contribution in [0, 0.1) is 0 Å². The van der Waals surface area contributed by atoms with Gasteiger partial charge in [0.2, 0.25) is 0 Å². The molecule has 0 unspecified atom stereocenters. The van der Waals surface area contributed by atoms with E-state index in [9.17, 15) is 9.59 Å². The van der Waals surface area contributed by atoms with Crippen LogP contribution in [0.3, 0.4) is 0 Å². The molecule has 1 fully saturated rings. The number of nitrogens with zero attached hydrogens (tertiary/aromatic N) is 1. The molecular formula is C14H18ClN3O4. The Balaban J connectivity index is 2.14. The lowest BCUT2D eigenvalue weighted by molar-refractivity contribution is -0.143. The lowest BCUT2D eigenvalue weighted by atomic mass is 10.2. The Kier molecular flexibility index (Phi) is 5.46. The van der Waals surface area contributed by atoms with Crippen molar-refractivity contribution in [1.29, 1.82) is 0 Å². The minimum Gasteiger partial charge on any atom is -0.495 e. The van der Waals surface area contributed by atoms with Gasteiger partial charge in [-0.05, 0) is 0 Å². The van der Waals surface area contributed by atoms with Crippen LogP contribution in [0.2, 0.25) is 5.02 Å². The number of piperazine rings is 1. The fraction of sp³-hybridized carbons (Fsp3) is 0.429. The van der Waals surface area contributed by atoms with E-state index in [1.165, 1.54) is 31.3 Å². The second-order valence-electron chi connectivity index (χ2n) is 4.68. The molecule has 2 amide bonds.